The molecule has 0 atom stereocenters. The predicted molar refractivity (Wildman–Crippen MR) is 91.1 cm³/mol. The van der Waals surface area contributed by atoms with E-state index in [4.69, 9.17) is 0 Å². The first kappa shape index (κ1) is 15.6. The van der Waals surface area contributed by atoms with Gasteiger partial charge in [-0.2, -0.15) is 0 Å². The summed E-state index contributed by atoms with van der Waals surface area (Å²) < 4.78 is 0. The third kappa shape index (κ3) is 3.70. The number of nitrogens with one attached hydrogen (secondary N) is 2. The van der Waals surface area contributed by atoms with Crippen molar-refractivity contribution < 1.29 is 9.72 Å². The molecule has 9 heteroatoms. The number of amides is 2. The summed E-state index contributed by atoms with van der Waals surface area (Å²) in [5.41, 5.74) is 1.31. The summed E-state index contributed by atoms with van der Waals surface area (Å²) in [7, 11) is 0. The summed E-state index contributed by atoms with van der Waals surface area (Å²) in [6, 6.07) is 14.5. The van der Waals surface area contributed by atoms with Crippen molar-refractivity contribution in [2.75, 3.05) is 10.6 Å². The molecule has 0 radical (unpaired) electrons. The van der Waals surface area contributed by atoms with Gasteiger partial charge in [0.15, 0.2) is 0 Å². The van der Waals surface area contributed by atoms with Gasteiger partial charge in [0.1, 0.15) is 5.01 Å². The van der Waals surface area contributed by atoms with Crippen molar-refractivity contribution in [2.24, 2.45) is 0 Å². The van der Waals surface area contributed by atoms with E-state index in [-0.39, 0.29) is 5.69 Å². The Morgan fingerprint density at radius 1 is 1.00 bits per heavy atom. The minimum atomic E-state index is -0.504. The number of hydrogen-bond acceptors (Lipinski definition) is 6. The predicted octanol–water partition coefficient (Wildman–Crippen LogP) is 3.76. The highest BCUT2D eigenvalue weighted by Gasteiger charge is 2.10. The zero-order chi connectivity index (χ0) is 16.9. The molecule has 3 rings (SSSR count). The molecule has 0 aliphatic heterocycles. The van der Waals surface area contributed by atoms with Crippen LogP contribution in [0.25, 0.3) is 10.6 Å². The number of hydrogen-bond donors (Lipinski definition) is 2. The molecule has 0 saturated heterocycles. The number of nitrogens with zero attached hydrogens (tertiary/aromatic N) is 3. The Bertz CT molecular complexity index is 864. The first-order valence-electron chi connectivity index (χ1n) is 6.83. The SMILES string of the molecule is O=C(Nc1ccc([N+](=O)[O-])cc1)Nc1nnc(-c2ccccc2)s1. The summed E-state index contributed by atoms with van der Waals surface area (Å²) in [6.07, 6.45) is 0. The van der Waals surface area contributed by atoms with Crippen molar-refractivity contribution in [1.82, 2.24) is 10.2 Å². The fourth-order valence-corrected chi connectivity index (χ4v) is 2.64. The maximum absolute atomic E-state index is 11.9. The van der Waals surface area contributed by atoms with Gasteiger partial charge in [-0.05, 0) is 12.1 Å². The van der Waals surface area contributed by atoms with Crippen molar-refractivity contribution >= 4 is 33.9 Å². The molecule has 0 aliphatic carbocycles. The van der Waals surface area contributed by atoms with E-state index in [9.17, 15) is 14.9 Å². The Kier molecular flexibility index (Phi) is 4.43. The van der Waals surface area contributed by atoms with E-state index in [1.54, 1.807) is 0 Å². The Hall–Kier alpha value is -3.33. The molecule has 3 aromatic rings. The number of aromatic nitrogens is 2. The molecule has 8 nitrogen and oxygen atoms in total. The summed E-state index contributed by atoms with van der Waals surface area (Å²) in [6.45, 7) is 0. The molecule has 1 heterocycles. The second-order valence-electron chi connectivity index (χ2n) is 4.66. The second kappa shape index (κ2) is 6.84. The van der Waals surface area contributed by atoms with Gasteiger partial charge in [0.05, 0.1) is 4.92 Å². The van der Waals surface area contributed by atoms with E-state index in [1.807, 2.05) is 30.3 Å². The summed E-state index contributed by atoms with van der Waals surface area (Å²) in [4.78, 5) is 22.0. The molecule has 2 aromatic carbocycles. The summed E-state index contributed by atoms with van der Waals surface area (Å²) in [5.74, 6) is 0. The van der Waals surface area contributed by atoms with Gasteiger partial charge >= 0.3 is 6.03 Å². The largest absolute Gasteiger partial charge is 0.325 e. The first-order chi connectivity index (χ1) is 11.6. The quantitative estimate of drug-likeness (QED) is 0.554. The monoisotopic (exact) mass is 341 g/mol. The van der Waals surface area contributed by atoms with Crippen LogP contribution in [-0.4, -0.2) is 21.2 Å². The van der Waals surface area contributed by atoms with Gasteiger partial charge in [0, 0.05) is 23.4 Å². The zero-order valence-corrected chi connectivity index (χ0v) is 13.0. The molecular weight excluding hydrogens is 330 g/mol. The number of non-ortho nitro benzene ring substituents is 1. The maximum Gasteiger partial charge on any atom is 0.325 e. The average molecular weight is 341 g/mol. The highest BCUT2D eigenvalue weighted by Crippen LogP contribution is 2.26. The van der Waals surface area contributed by atoms with E-state index < -0.39 is 11.0 Å². The van der Waals surface area contributed by atoms with Gasteiger partial charge in [0.2, 0.25) is 5.13 Å². The van der Waals surface area contributed by atoms with E-state index in [2.05, 4.69) is 20.8 Å². The highest BCUT2D eigenvalue weighted by molar-refractivity contribution is 7.18. The lowest BCUT2D eigenvalue weighted by atomic mass is 10.2. The molecular formula is C15H11N5O3S. The van der Waals surface area contributed by atoms with Crippen LogP contribution >= 0.6 is 11.3 Å². The molecule has 2 N–H and O–H groups in total. The van der Waals surface area contributed by atoms with Crippen LogP contribution in [0.15, 0.2) is 54.6 Å². The van der Waals surface area contributed by atoms with Crippen molar-refractivity contribution in [3.8, 4) is 10.6 Å². The third-order valence-corrected chi connectivity index (χ3v) is 3.89. The Morgan fingerprint density at radius 3 is 2.38 bits per heavy atom. The molecule has 0 saturated carbocycles. The first-order valence-corrected chi connectivity index (χ1v) is 7.65. The van der Waals surface area contributed by atoms with Crippen LogP contribution in [0.5, 0.6) is 0 Å². The van der Waals surface area contributed by atoms with Gasteiger partial charge in [-0.3, -0.25) is 15.4 Å². The molecule has 24 heavy (non-hydrogen) atoms. The second-order valence-corrected chi connectivity index (χ2v) is 5.64. The molecule has 120 valence electrons. The van der Waals surface area contributed by atoms with Crippen LogP contribution in [0.2, 0.25) is 0 Å². The van der Waals surface area contributed by atoms with Crippen LogP contribution < -0.4 is 10.6 Å². The number of nitro groups is 1. The van der Waals surface area contributed by atoms with Crippen molar-refractivity contribution in [2.45, 2.75) is 0 Å². The number of rotatable bonds is 4. The molecule has 0 aliphatic rings. The van der Waals surface area contributed by atoms with Crippen molar-refractivity contribution in [3.63, 3.8) is 0 Å². The lowest BCUT2D eigenvalue weighted by Crippen LogP contribution is -2.19. The molecule has 0 spiro atoms. The van der Waals surface area contributed by atoms with E-state index >= 15 is 0 Å². The van der Waals surface area contributed by atoms with Crippen molar-refractivity contribution in [1.29, 1.82) is 0 Å². The number of urea groups is 1. The fourth-order valence-electron chi connectivity index (χ4n) is 1.90. The maximum atomic E-state index is 11.9. The molecule has 2 amide bonds. The zero-order valence-electron chi connectivity index (χ0n) is 12.2. The number of carbonyl (C=O) groups is 1. The Labute approximate surface area is 140 Å². The van der Waals surface area contributed by atoms with Crippen molar-refractivity contribution in [3.05, 3.63) is 64.7 Å². The minimum Gasteiger partial charge on any atom is -0.308 e. The number of benzene rings is 2. The number of carbonyl (C=O) groups excluding carboxylic acids is 1. The third-order valence-electron chi connectivity index (χ3n) is 3.00. The van der Waals surface area contributed by atoms with Gasteiger partial charge in [0.25, 0.3) is 5.69 Å². The Morgan fingerprint density at radius 2 is 1.71 bits per heavy atom. The topological polar surface area (TPSA) is 110 Å². The van der Waals surface area contributed by atoms with Gasteiger partial charge in [-0.1, -0.05) is 41.7 Å². The number of anilines is 2. The molecule has 0 fully saturated rings. The summed E-state index contributed by atoms with van der Waals surface area (Å²) in [5, 5.41) is 24.7. The summed E-state index contributed by atoms with van der Waals surface area (Å²) >= 11 is 1.25. The molecule has 0 unspecified atom stereocenters. The van der Waals surface area contributed by atoms with Crippen LogP contribution in [0.1, 0.15) is 0 Å². The minimum absolute atomic E-state index is 0.0439. The smallest absolute Gasteiger partial charge is 0.308 e. The molecule has 0 bridgehead atoms. The molecule has 1 aromatic heterocycles. The normalized spacial score (nSPS) is 10.2. The highest BCUT2D eigenvalue weighted by atomic mass is 32.1. The number of nitro benzene ring substituents is 1. The van der Waals surface area contributed by atoms with Gasteiger partial charge in [-0.25, -0.2) is 4.79 Å². The van der Waals surface area contributed by atoms with Gasteiger partial charge < -0.3 is 5.32 Å². The lowest BCUT2D eigenvalue weighted by Gasteiger charge is -2.04. The van der Waals surface area contributed by atoms with Crippen LogP contribution in [0.3, 0.4) is 0 Å². The van der Waals surface area contributed by atoms with E-state index in [1.165, 1.54) is 35.6 Å². The standard InChI is InChI=1S/C15H11N5O3S/c21-14(16-11-6-8-12(9-7-11)20(22)23)17-15-19-18-13(24-15)10-4-2-1-3-5-10/h1-9H,(H2,16,17,19,21). The van der Waals surface area contributed by atoms with E-state index in [0.29, 0.717) is 15.8 Å². The van der Waals surface area contributed by atoms with Crippen LogP contribution in [-0.2, 0) is 0 Å². The van der Waals surface area contributed by atoms with E-state index in [0.717, 1.165) is 5.56 Å². The fraction of sp³-hybridized carbons (Fsp3) is 0. The van der Waals surface area contributed by atoms with Crippen LogP contribution in [0, 0.1) is 10.1 Å². The average Bonchev–Trinajstić information content (AvgIpc) is 3.04. The van der Waals surface area contributed by atoms with Crippen LogP contribution in [0.4, 0.5) is 21.3 Å². The lowest BCUT2D eigenvalue weighted by molar-refractivity contribution is -0.384. The Balaban J connectivity index is 1.63. The van der Waals surface area contributed by atoms with Gasteiger partial charge in [-0.15, -0.1) is 10.2 Å².